The second kappa shape index (κ2) is 13.7. The van der Waals surface area contributed by atoms with Crippen LogP contribution in [0.2, 0.25) is 0 Å². The first-order valence-electron chi connectivity index (χ1n) is 14.3. The van der Waals surface area contributed by atoms with Crippen molar-refractivity contribution in [2.75, 3.05) is 18.4 Å². The van der Waals surface area contributed by atoms with Crippen molar-refractivity contribution in [1.29, 1.82) is 0 Å². The second-order valence-electron chi connectivity index (χ2n) is 12.1. The number of nitrogens with one attached hydrogen (secondary N) is 3. The Morgan fingerprint density at radius 2 is 1.57 bits per heavy atom. The number of nitrogens with zero attached hydrogens (tertiary/aromatic N) is 2. The van der Waals surface area contributed by atoms with Crippen LogP contribution in [0.5, 0.6) is 0 Å². The van der Waals surface area contributed by atoms with E-state index in [0.717, 1.165) is 17.8 Å². The summed E-state index contributed by atoms with van der Waals surface area (Å²) in [5.41, 5.74) is 1.13. The molecule has 0 aliphatic rings. The molecule has 0 aliphatic heterocycles. The fourth-order valence-corrected chi connectivity index (χ4v) is 5.04. The highest BCUT2D eigenvalue weighted by Crippen LogP contribution is 2.33. The highest BCUT2D eigenvalue weighted by Gasteiger charge is 2.32. The number of amides is 3. The molecule has 242 valence electrons. The van der Waals surface area contributed by atoms with Gasteiger partial charge in [-0.05, 0) is 67.8 Å². The molecule has 0 saturated heterocycles. The molecule has 0 fully saturated rings. The topological polar surface area (TPSA) is 122 Å². The van der Waals surface area contributed by atoms with Crippen molar-refractivity contribution >= 4 is 34.4 Å². The van der Waals surface area contributed by atoms with Crippen LogP contribution in [-0.2, 0) is 21.1 Å². The van der Waals surface area contributed by atoms with E-state index >= 15 is 0 Å². The number of hydrogen-bond acceptors (Lipinski definition) is 7. The van der Waals surface area contributed by atoms with Gasteiger partial charge in [0.25, 0.3) is 5.91 Å². The first-order chi connectivity index (χ1) is 21.5. The van der Waals surface area contributed by atoms with Crippen molar-refractivity contribution < 1.29 is 32.3 Å². The van der Waals surface area contributed by atoms with E-state index < -0.39 is 40.8 Å². The molecule has 13 heteroatoms. The zero-order chi connectivity index (χ0) is 33.7. The van der Waals surface area contributed by atoms with Crippen LogP contribution in [0.4, 0.5) is 23.1 Å². The van der Waals surface area contributed by atoms with Gasteiger partial charge in [0.05, 0.1) is 12.2 Å². The highest BCUT2D eigenvalue weighted by molar-refractivity contribution is 7.14. The Hall–Kier alpha value is -4.78. The molecule has 3 N–H and O–H groups in total. The smallest absolute Gasteiger partial charge is 0.433 e. The van der Waals surface area contributed by atoms with Crippen molar-refractivity contribution in [3.63, 3.8) is 0 Å². The molecular weight excluding hydrogens is 619 g/mol. The van der Waals surface area contributed by atoms with Crippen LogP contribution >= 0.6 is 11.3 Å². The predicted octanol–water partition coefficient (Wildman–Crippen LogP) is 7.06. The molecule has 4 rings (SSSR count). The summed E-state index contributed by atoms with van der Waals surface area (Å²) in [5, 5.41) is 10.0. The van der Waals surface area contributed by atoms with E-state index in [4.69, 9.17) is 4.74 Å². The molecule has 9 nitrogen and oxygen atoms in total. The zero-order valence-corrected chi connectivity index (χ0v) is 26.7. The molecule has 0 spiro atoms. The maximum atomic E-state index is 13.1. The van der Waals surface area contributed by atoms with Crippen LogP contribution in [0.25, 0.3) is 22.4 Å². The van der Waals surface area contributed by atoms with Gasteiger partial charge in [0.15, 0.2) is 5.13 Å². The Labute approximate surface area is 268 Å². The molecule has 0 aliphatic carbocycles. The average molecular weight is 654 g/mol. The Bertz CT molecular complexity index is 1730. The van der Waals surface area contributed by atoms with Gasteiger partial charge in [0, 0.05) is 34.7 Å². The summed E-state index contributed by atoms with van der Waals surface area (Å²) in [7, 11) is 0. The Morgan fingerprint density at radius 3 is 2.28 bits per heavy atom. The first-order valence-corrected chi connectivity index (χ1v) is 15.1. The van der Waals surface area contributed by atoms with E-state index in [2.05, 4.69) is 25.9 Å². The minimum atomic E-state index is -4.56. The molecule has 3 amide bonds. The summed E-state index contributed by atoms with van der Waals surface area (Å²) < 4.78 is 44.7. The molecule has 2 aromatic carbocycles. The summed E-state index contributed by atoms with van der Waals surface area (Å²) in [6, 6.07) is 16.3. The minimum absolute atomic E-state index is 0.276. The third-order valence-corrected chi connectivity index (χ3v) is 7.44. The van der Waals surface area contributed by atoms with Crippen molar-refractivity contribution in [2.24, 2.45) is 0 Å². The Balaban J connectivity index is 1.34. The number of carbonyl (C=O) groups is 3. The third kappa shape index (κ3) is 9.36. The summed E-state index contributed by atoms with van der Waals surface area (Å²) in [6.45, 7) is 9.16. The van der Waals surface area contributed by atoms with Gasteiger partial charge in [-0.15, -0.1) is 11.3 Å². The van der Waals surface area contributed by atoms with Gasteiger partial charge < -0.3 is 20.7 Å². The van der Waals surface area contributed by atoms with E-state index in [0.29, 0.717) is 33.1 Å². The Morgan fingerprint density at radius 1 is 0.870 bits per heavy atom. The van der Waals surface area contributed by atoms with Gasteiger partial charge in [-0.2, -0.15) is 13.2 Å². The lowest BCUT2D eigenvalue weighted by Gasteiger charge is -2.27. The van der Waals surface area contributed by atoms with Gasteiger partial charge >= 0.3 is 12.3 Å². The molecule has 2 heterocycles. The number of thiazole rings is 1. The number of rotatable bonds is 9. The molecule has 0 unspecified atom stereocenters. The molecule has 2 aromatic heterocycles. The maximum absolute atomic E-state index is 13.1. The monoisotopic (exact) mass is 653 g/mol. The lowest BCUT2D eigenvalue weighted by molar-refractivity contribution is -0.141. The number of pyridine rings is 1. The van der Waals surface area contributed by atoms with E-state index in [9.17, 15) is 27.6 Å². The Kier molecular flexibility index (Phi) is 10.1. The number of alkyl carbamates (subject to hydrolysis) is 1. The molecule has 0 bridgehead atoms. The largest absolute Gasteiger partial charge is 0.444 e. The average Bonchev–Trinajstić information content (AvgIpc) is 3.46. The fourth-order valence-electron chi connectivity index (χ4n) is 4.30. The number of ether oxygens (including phenoxy) is 1. The van der Waals surface area contributed by atoms with Crippen LogP contribution in [0.15, 0.2) is 72.2 Å². The van der Waals surface area contributed by atoms with Crippen LogP contribution in [0, 0.1) is 0 Å². The number of aromatic nitrogens is 2. The summed E-state index contributed by atoms with van der Waals surface area (Å²) >= 11 is 1.17. The van der Waals surface area contributed by atoms with Crippen LogP contribution in [-0.4, -0.2) is 46.6 Å². The van der Waals surface area contributed by atoms with Gasteiger partial charge in [-0.25, -0.2) is 9.78 Å². The van der Waals surface area contributed by atoms with Crippen molar-refractivity contribution in [3.05, 3.63) is 89.1 Å². The normalized spacial score (nSPS) is 11.9. The molecule has 46 heavy (non-hydrogen) atoms. The van der Waals surface area contributed by atoms with Gasteiger partial charge in [-0.3, -0.25) is 14.6 Å². The van der Waals surface area contributed by atoms with Crippen molar-refractivity contribution in [1.82, 2.24) is 20.6 Å². The van der Waals surface area contributed by atoms with E-state index in [1.807, 2.05) is 19.9 Å². The van der Waals surface area contributed by atoms with Crippen molar-refractivity contribution in [3.8, 4) is 22.4 Å². The zero-order valence-electron chi connectivity index (χ0n) is 25.9. The third-order valence-electron chi connectivity index (χ3n) is 6.68. The molecule has 0 radical (unpaired) electrons. The van der Waals surface area contributed by atoms with Crippen LogP contribution in [0.1, 0.15) is 56.2 Å². The number of hydrogen-bond donors (Lipinski definition) is 3. The standard InChI is InChI=1S/C33H34F3N5O4S/c1-31(2,3)45-30(44)39-19-32(4,5)24-11-7-10-23(15-24)28(43)38-17-27(42)41-29-40-25(18-46-29)22-9-6-8-20(14-22)21-12-13-37-26(16-21)33(34,35)36/h6-16,18H,17,19H2,1-5H3,(H,38,43)(H,39,44)(H,40,41,42). The van der Waals surface area contributed by atoms with Crippen LogP contribution < -0.4 is 16.0 Å². The van der Waals surface area contributed by atoms with Crippen molar-refractivity contribution in [2.45, 2.75) is 51.8 Å². The number of alkyl halides is 3. The summed E-state index contributed by atoms with van der Waals surface area (Å²) in [6.07, 6.45) is -3.98. The molecule has 0 saturated carbocycles. The van der Waals surface area contributed by atoms with E-state index in [1.165, 1.54) is 17.4 Å². The van der Waals surface area contributed by atoms with Gasteiger partial charge in [0.2, 0.25) is 5.91 Å². The molecule has 0 atom stereocenters. The summed E-state index contributed by atoms with van der Waals surface area (Å²) in [5.74, 6) is -0.938. The number of benzene rings is 2. The number of carbonyl (C=O) groups excluding carboxylic acids is 3. The minimum Gasteiger partial charge on any atom is -0.444 e. The highest BCUT2D eigenvalue weighted by atomic mass is 32.1. The predicted molar refractivity (Wildman–Crippen MR) is 170 cm³/mol. The maximum Gasteiger partial charge on any atom is 0.433 e. The SMILES string of the molecule is CC(C)(C)OC(=O)NCC(C)(C)c1cccc(C(=O)NCC(=O)Nc2nc(-c3cccc(-c4ccnc(C(F)(F)F)c4)c3)cs2)c1. The first kappa shape index (κ1) is 34.1. The molecular formula is C33H34F3N5O4S. The lowest BCUT2D eigenvalue weighted by Crippen LogP contribution is -2.40. The number of halogens is 3. The fraction of sp³-hybridized carbons (Fsp3) is 0.303. The van der Waals surface area contributed by atoms with E-state index in [1.54, 1.807) is 68.6 Å². The number of anilines is 1. The van der Waals surface area contributed by atoms with E-state index in [-0.39, 0.29) is 13.1 Å². The second-order valence-corrected chi connectivity index (χ2v) is 13.0. The summed E-state index contributed by atoms with van der Waals surface area (Å²) in [4.78, 5) is 45.4. The van der Waals surface area contributed by atoms with Gasteiger partial charge in [0.1, 0.15) is 11.3 Å². The molecule has 4 aromatic rings. The lowest BCUT2D eigenvalue weighted by atomic mass is 9.84. The van der Waals surface area contributed by atoms with Crippen LogP contribution in [0.3, 0.4) is 0 Å². The quantitative estimate of drug-likeness (QED) is 0.178. The van der Waals surface area contributed by atoms with Gasteiger partial charge in [-0.1, -0.05) is 44.2 Å².